The molecule has 0 saturated heterocycles. The van der Waals surface area contributed by atoms with Gasteiger partial charge in [0.05, 0.1) is 24.1 Å². The predicted octanol–water partition coefficient (Wildman–Crippen LogP) is 3.70. The number of hydrogen-bond acceptors (Lipinski definition) is 2. The first kappa shape index (κ1) is 13.3. The fraction of sp³-hybridized carbons (Fsp3) is 0.467. The highest BCUT2D eigenvalue weighted by atomic mass is 14.3. The highest BCUT2D eigenvalue weighted by Crippen LogP contribution is 2.26. The molecule has 88 valence electrons. The molecule has 1 aromatic rings. The lowest BCUT2D eigenvalue weighted by Crippen LogP contribution is -2.01. The maximum Gasteiger partial charge on any atom is 0.0994 e. The predicted molar refractivity (Wildman–Crippen MR) is 68.6 cm³/mol. The van der Waals surface area contributed by atoms with Gasteiger partial charge in [-0.25, -0.2) is 0 Å². The highest BCUT2D eigenvalue weighted by molar-refractivity contribution is 5.47. The first-order valence-corrected chi connectivity index (χ1v) is 6.10. The molecule has 0 saturated carbocycles. The molecule has 0 N–H and O–H groups in total. The molecule has 0 heterocycles. The summed E-state index contributed by atoms with van der Waals surface area (Å²) in [5.74, 6) is 0.369. The second-order valence-electron chi connectivity index (χ2n) is 4.32. The van der Waals surface area contributed by atoms with E-state index in [1.54, 1.807) is 0 Å². The molecule has 2 nitrogen and oxygen atoms in total. The van der Waals surface area contributed by atoms with Crippen molar-refractivity contribution >= 4 is 0 Å². The van der Waals surface area contributed by atoms with Gasteiger partial charge in [-0.3, -0.25) is 0 Å². The van der Waals surface area contributed by atoms with Crippen LogP contribution in [0.5, 0.6) is 0 Å². The third-order valence-corrected chi connectivity index (χ3v) is 3.29. The second kappa shape index (κ2) is 6.06. The summed E-state index contributed by atoms with van der Waals surface area (Å²) in [6.45, 7) is 6.29. The Bertz CT molecular complexity index is 475. The molecule has 1 aromatic carbocycles. The lowest BCUT2D eigenvalue weighted by molar-refractivity contribution is 0.729. The molecule has 17 heavy (non-hydrogen) atoms. The van der Waals surface area contributed by atoms with E-state index in [4.69, 9.17) is 5.26 Å². The molecular formula is C15H18N2. The molecule has 0 fully saturated rings. The Balaban J connectivity index is 3.35. The Morgan fingerprint density at radius 2 is 1.88 bits per heavy atom. The summed E-state index contributed by atoms with van der Waals surface area (Å²) in [5, 5.41) is 18.0. The van der Waals surface area contributed by atoms with E-state index in [1.165, 1.54) is 0 Å². The van der Waals surface area contributed by atoms with Crippen LogP contribution < -0.4 is 0 Å². The zero-order valence-corrected chi connectivity index (χ0v) is 10.7. The number of nitrogens with zero attached hydrogens (tertiary/aromatic N) is 2. The molecule has 0 radical (unpaired) electrons. The van der Waals surface area contributed by atoms with Gasteiger partial charge in [0.25, 0.3) is 0 Å². The van der Waals surface area contributed by atoms with Gasteiger partial charge in [0.1, 0.15) is 0 Å². The van der Waals surface area contributed by atoms with Crippen LogP contribution in [0.1, 0.15) is 55.4 Å². The molecule has 1 rings (SSSR count). The Kier molecular flexibility index (Phi) is 4.73. The SMILES string of the molecule is CCc1cc(C#N)c(C(C)CC)cc1CC#N. The Hall–Kier alpha value is -1.80. The Morgan fingerprint density at radius 3 is 2.35 bits per heavy atom. The fourth-order valence-electron chi connectivity index (χ4n) is 2.01. The third kappa shape index (κ3) is 2.86. The molecule has 0 bridgehead atoms. The van der Waals surface area contributed by atoms with Crippen molar-refractivity contribution in [2.24, 2.45) is 0 Å². The van der Waals surface area contributed by atoms with Gasteiger partial charge in [-0.2, -0.15) is 10.5 Å². The molecule has 0 aliphatic rings. The van der Waals surface area contributed by atoms with Crippen molar-refractivity contribution < 1.29 is 0 Å². The first-order valence-electron chi connectivity index (χ1n) is 6.10. The van der Waals surface area contributed by atoms with Crippen molar-refractivity contribution in [2.45, 2.75) is 46.0 Å². The average Bonchev–Trinajstić information content (AvgIpc) is 2.37. The molecule has 0 aliphatic carbocycles. The average molecular weight is 226 g/mol. The van der Waals surface area contributed by atoms with Gasteiger partial charge in [-0.1, -0.05) is 26.8 Å². The van der Waals surface area contributed by atoms with E-state index in [2.05, 4.69) is 39.0 Å². The maximum absolute atomic E-state index is 9.19. The molecule has 0 aliphatic heterocycles. The second-order valence-corrected chi connectivity index (χ2v) is 4.32. The van der Waals surface area contributed by atoms with Gasteiger partial charge >= 0.3 is 0 Å². The van der Waals surface area contributed by atoms with Gasteiger partial charge in [0, 0.05) is 0 Å². The van der Waals surface area contributed by atoms with E-state index in [0.717, 1.165) is 35.1 Å². The van der Waals surface area contributed by atoms with Crippen molar-refractivity contribution in [3.05, 3.63) is 34.4 Å². The zero-order chi connectivity index (χ0) is 12.8. The zero-order valence-electron chi connectivity index (χ0n) is 10.7. The lowest BCUT2D eigenvalue weighted by atomic mass is 9.88. The summed E-state index contributed by atoms with van der Waals surface area (Å²) in [7, 11) is 0. The van der Waals surface area contributed by atoms with E-state index in [9.17, 15) is 5.26 Å². The van der Waals surface area contributed by atoms with Crippen molar-refractivity contribution in [3.63, 3.8) is 0 Å². The Labute approximate surface area is 104 Å². The van der Waals surface area contributed by atoms with Crippen LogP contribution in [0.2, 0.25) is 0 Å². The standard InChI is InChI=1S/C15H18N2/c1-4-11(3)15-9-13(6-7-16)12(5-2)8-14(15)10-17/h8-9,11H,4-6H2,1-3H3. The molecule has 2 heteroatoms. The van der Waals surface area contributed by atoms with Crippen LogP contribution in [-0.4, -0.2) is 0 Å². The molecule has 0 aromatic heterocycles. The summed E-state index contributed by atoms with van der Waals surface area (Å²) < 4.78 is 0. The van der Waals surface area contributed by atoms with Crippen LogP contribution >= 0.6 is 0 Å². The van der Waals surface area contributed by atoms with E-state index in [-0.39, 0.29) is 0 Å². The smallest absolute Gasteiger partial charge is 0.0994 e. The van der Waals surface area contributed by atoms with Gasteiger partial charge in [-0.05, 0) is 41.5 Å². The van der Waals surface area contributed by atoms with Crippen molar-refractivity contribution in [1.82, 2.24) is 0 Å². The molecule has 1 unspecified atom stereocenters. The minimum atomic E-state index is 0.369. The number of benzene rings is 1. The van der Waals surface area contributed by atoms with E-state index in [1.807, 2.05) is 6.07 Å². The van der Waals surface area contributed by atoms with Gasteiger partial charge in [0.15, 0.2) is 0 Å². The maximum atomic E-state index is 9.19. The number of nitriles is 2. The van der Waals surface area contributed by atoms with Crippen molar-refractivity contribution in [1.29, 1.82) is 10.5 Å². The topological polar surface area (TPSA) is 47.6 Å². The third-order valence-electron chi connectivity index (χ3n) is 3.29. The van der Waals surface area contributed by atoms with Gasteiger partial charge in [0.2, 0.25) is 0 Å². The normalized spacial score (nSPS) is 11.6. The minimum absolute atomic E-state index is 0.369. The van der Waals surface area contributed by atoms with Crippen LogP contribution in [0.3, 0.4) is 0 Å². The monoisotopic (exact) mass is 226 g/mol. The number of rotatable bonds is 4. The van der Waals surface area contributed by atoms with E-state index >= 15 is 0 Å². The Morgan fingerprint density at radius 1 is 1.18 bits per heavy atom. The van der Waals surface area contributed by atoms with Crippen LogP contribution in [0, 0.1) is 22.7 Å². The first-order chi connectivity index (χ1) is 8.17. The van der Waals surface area contributed by atoms with E-state index < -0.39 is 0 Å². The highest BCUT2D eigenvalue weighted by Gasteiger charge is 2.13. The van der Waals surface area contributed by atoms with Gasteiger partial charge in [-0.15, -0.1) is 0 Å². The van der Waals surface area contributed by atoms with E-state index in [0.29, 0.717) is 12.3 Å². The van der Waals surface area contributed by atoms with Crippen LogP contribution in [-0.2, 0) is 12.8 Å². The van der Waals surface area contributed by atoms with Crippen LogP contribution in [0.25, 0.3) is 0 Å². The van der Waals surface area contributed by atoms with Crippen LogP contribution in [0.15, 0.2) is 12.1 Å². The number of aryl methyl sites for hydroxylation is 1. The number of hydrogen-bond donors (Lipinski definition) is 0. The fourth-order valence-corrected chi connectivity index (χ4v) is 2.01. The van der Waals surface area contributed by atoms with Crippen molar-refractivity contribution in [3.8, 4) is 12.1 Å². The molecule has 0 spiro atoms. The summed E-state index contributed by atoms with van der Waals surface area (Å²) >= 11 is 0. The quantitative estimate of drug-likeness (QED) is 0.785. The van der Waals surface area contributed by atoms with Gasteiger partial charge < -0.3 is 0 Å². The summed E-state index contributed by atoms with van der Waals surface area (Å²) in [5.41, 5.74) is 4.04. The summed E-state index contributed by atoms with van der Waals surface area (Å²) in [6, 6.07) is 8.47. The largest absolute Gasteiger partial charge is 0.198 e. The van der Waals surface area contributed by atoms with Crippen LogP contribution in [0.4, 0.5) is 0 Å². The molecule has 1 atom stereocenters. The lowest BCUT2D eigenvalue weighted by Gasteiger charge is -2.15. The minimum Gasteiger partial charge on any atom is -0.198 e. The molecule has 0 amide bonds. The molecular weight excluding hydrogens is 208 g/mol. The summed E-state index contributed by atoms with van der Waals surface area (Å²) in [4.78, 5) is 0. The van der Waals surface area contributed by atoms with Crippen molar-refractivity contribution in [2.75, 3.05) is 0 Å². The summed E-state index contributed by atoms with van der Waals surface area (Å²) in [6.07, 6.45) is 2.30.